The normalized spacial score (nSPS) is 14.8. The molecule has 0 radical (unpaired) electrons. The van der Waals surface area contributed by atoms with Crippen molar-refractivity contribution in [3.63, 3.8) is 0 Å². The van der Waals surface area contributed by atoms with E-state index in [1.165, 1.54) is 0 Å². The van der Waals surface area contributed by atoms with Gasteiger partial charge in [0.25, 0.3) is 11.8 Å². The van der Waals surface area contributed by atoms with Crippen molar-refractivity contribution in [2.75, 3.05) is 0 Å². The molecule has 2 amide bonds. The van der Waals surface area contributed by atoms with Gasteiger partial charge in [0.05, 0.1) is 0 Å². The summed E-state index contributed by atoms with van der Waals surface area (Å²) in [5, 5.41) is 0.582. The van der Waals surface area contributed by atoms with Crippen molar-refractivity contribution in [1.82, 2.24) is 5.06 Å². The van der Waals surface area contributed by atoms with Crippen LogP contribution in [0.5, 0.6) is 0 Å². The fourth-order valence-corrected chi connectivity index (χ4v) is 2.44. The second-order valence-electron chi connectivity index (χ2n) is 7.25. The molecule has 7 heteroatoms. The number of rotatable bonds is 10. The third-order valence-electron chi connectivity index (χ3n) is 3.63. The van der Waals surface area contributed by atoms with Crippen LogP contribution in [-0.2, 0) is 28.8 Å². The zero-order valence-electron chi connectivity index (χ0n) is 15.5. The molecule has 1 fully saturated rings. The molecule has 142 valence electrons. The minimum absolute atomic E-state index is 0.107. The first-order chi connectivity index (χ1) is 11.7. The van der Waals surface area contributed by atoms with Crippen molar-refractivity contribution in [2.45, 2.75) is 90.6 Å². The van der Waals surface area contributed by atoms with Gasteiger partial charge in [0, 0.05) is 25.7 Å². The Hall–Kier alpha value is -1.92. The summed E-state index contributed by atoms with van der Waals surface area (Å²) in [4.78, 5) is 50.5. The molecule has 0 N–H and O–H groups in total. The van der Waals surface area contributed by atoms with Gasteiger partial charge in [0.2, 0.25) is 0 Å². The highest BCUT2D eigenvalue weighted by Gasteiger charge is 2.32. The van der Waals surface area contributed by atoms with Gasteiger partial charge < -0.3 is 9.57 Å². The molecule has 1 rings (SSSR count). The predicted molar refractivity (Wildman–Crippen MR) is 90.0 cm³/mol. The Bertz CT molecular complexity index is 478. The van der Waals surface area contributed by atoms with E-state index in [0.29, 0.717) is 17.9 Å². The van der Waals surface area contributed by atoms with E-state index >= 15 is 0 Å². The van der Waals surface area contributed by atoms with Crippen LogP contribution in [0.25, 0.3) is 0 Å². The van der Waals surface area contributed by atoms with Crippen LogP contribution in [-0.4, -0.2) is 34.4 Å². The molecule has 1 aliphatic rings. The van der Waals surface area contributed by atoms with Crippen molar-refractivity contribution in [3.05, 3.63) is 0 Å². The summed E-state index contributed by atoms with van der Waals surface area (Å²) in [6.45, 7) is 5.56. The molecule has 1 aliphatic heterocycles. The number of ether oxygens (including phenoxy) is 1. The van der Waals surface area contributed by atoms with Crippen molar-refractivity contribution in [3.8, 4) is 0 Å². The van der Waals surface area contributed by atoms with Gasteiger partial charge in [0.15, 0.2) is 0 Å². The summed E-state index contributed by atoms with van der Waals surface area (Å²) >= 11 is 0. The SMILES string of the molecule is CC(C)(C)OC(=O)CCCCCCCCC(=O)ON1C(=O)CCC1=O. The second-order valence-corrected chi connectivity index (χ2v) is 7.25. The van der Waals surface area contributed by atoms with E-state index in [9.17, 15) is 19.2 Å². The highest BCUT2D eigenvalue weighted by Crippen LogP contribution is 2.15. The van der Waals surface area contributed by atoms with Gasteiger partial charge in [-0.25, -0.2) is 4.79 Å². The average Bonchev–Trinajstić information content (AvgIpc) is 2.80. The van der Waals surface area contributed by atoms with Crippen molar-refractivity contribution in [1.29, 1.82) is 0 Å². The lowest BCUT2D eigenvalue weighted by atomic mass is 10.1. The number of hydroxylamine groups is 2. The van der Waals surface area contributed by atoms with Crippen LogP contribution in [0.15, 0.2) is 0 Å². The van der Waals surface area contributed by atoms with E-state index in [1.54, 1.807) is 0 Å². The Balaban J connectivity index is 1.98. The minimum Gasteiger partial charge on any atom is -0.460 e. The third kappa shape index (κ3) is 9.22. The first-order valence-corrected chi connectivity index (χ1v) is 8.97. The van der Waals surface area contributed by atoms with Crippen LogP contribution < -0.4 is 0 Å². The van der Waals surface area contributed by atoms with Crippen LogP contribution in [0, 0.1) is 0 Å². The highest BCUT2D eigenvalue weighted by atomic mass is 16.7. The molecule has 0 aliphatic carbocycles. The fourth-order valence-electron chi connectivity index (χ4n) is 2.44. The average molecular weight is 355 g/mol. The Morgan fingerprint density at radius 3 is 1.76 bits per heavy atom. The number of nitrogens with zero attached hydrogens (tertiary/aromatic N) is 1. The maximum absolute atomic E-state index is 11.6. The monoisotopic (exact) mass is 355 g/mol. The molecule has 1 saturated heterocycles. The first-order valence-electron chi connectivity index (χ1n) is 8.97. The van der Waals surface area contributed by atoms with Crippen molar-refractivity contribution in [2.24, 2.45) is 0 Å². The van der Waals surface area contributed by atoms with Crippen LogP contribution in [0.1, 0.15) is 85.0 Å². The summed E-state index contributed by atoms with van der Waals surface area (Å²) < 4.78 is 5.24. The van der Waals surface area contributed by atoms with E-state index in [-0.39, 0.29) is 25.2 Å². The molecule has 25 heavy (non-hydrogen) atoms. The molecular formula is C18H29NO6. The maximum atomic E-state index is 11.6. The van der Waals surface area contributed by atoms with Crippen molar-refractivity contribution >= 4 is 23.8 Å². The number of hydrogen-bond acceptors (Lipinski definition) is 6. The molecule has 7 nitrogen and oxygen atoms in total. The number of carbonyl (C=O) groups is 4. The van der Waals surface area contributed by atoms with Crippen molar-refractivity contribution < 1.29 is 28.8 Å². The molecule has 0 saturated carbocycles. The van der Waals surface area contributed by atoms with E-state index in [4.69, 9.17) is 9.57 Å². The summed E-state index contributed by atoms with van der Waals surface area (Å²) in [7, 11) is 0. The number of esters is 1. The quantitative estimate of drug-likeness (QED) is 0.340. The van der Waals surface area contributed by atoms with Crippen LogP contribution in [0.2, 0.25) is 0 Å². The lowest BCUT2D eigenvalue weighted by molar-refractivity contribution is -0.197. The van der Waals surface area contributed by atoms with Gasteiger partial charge in [0.1, 0.15) is 5.60 Å². The largest absolute Gasteiger partial charge is 0.460 e. The molecule has 0 spiro atoms. The number of unbranched alkanes of at least 4 members (excludes halogenated alkanes) is 5. The molecular weight excluding hydrogens is 326 g/mol. The minimum atomic E-state index is -0.548. The summed E-state index contributed by atoms with van der Waals surface area (Å²) in [5.41, 5.74) is -0.435. The Kier molecular flexibility index (Phi) is 8.58. The molecule has 0 unspecified atom stereocenters. The standard InChI is InChI=1S/C18H29NO6/c1-18(2,3)24-16(22)10-8-6-4-5-7-9-11-17(23)25-19-14(20)12-13-15(19)21/h4-13H2,1-3H3. The molecule has 0 aromatic heterocycles. The third-order valence-corrected chi connectivity index (χ3v) is 3.63. The van der Waals surface area contributed by atoms with E-state index < -0.39 is 23.4 Å². The first kappa shape index (κ1) is 21.1. The summed E-state index contributed by atoms with van der Waals surface area (Å²) in [6.07, 6.45) is 6.05. The Morgan fingerprint density at radius 1 is 0.840 bits per heavy atom. The number of imide groups is 1. The smallest absolute Gasteiger partial charge is 0.333 e. The zero-order chi connectivity index (χ0) is 18.9. The molecule has 0 bridgehead atoms. The zero-order valence-corrected chi connectivity index (χ0v) is 15.5. The molecule has 0 atom stereocenters. The van der Waals surface area contributed by atoms with E-state index in [0.717, 1.165) is 32.1 Å². The van der Waals surface area contributed by atoms with Crippen LogP contribution in [0.4, 0.5) is 0 Å². The van der Waals surface area contributed by atoms with Gasteiger partial charge in [-0.1, -0.05) is 25.7 Å². The predicted octanol–water partition coefficient (Wildman–Crippen LogP) is 3.06. The lowest BCUT2D eigenvalue weighted by Crippen LogP contribution is -2.31. The van der Waals surface area contributed by atoms with Crippen LogP contribution in [0.3, 0.4) is 0 Å². The summed E-state index contributed by atoms with van der Waals surface area (Å²) in [5.74, 6) is -1.62. The second kappa shape index (κ2) is 10.2. The van der Waals surface area contributed by atoms with Crippen LogP contribution >= 0.6 is 0 Å². The lowest BCUT2D eigenvalue weighted by Gasteiger charge is -2.19. The molecule has 0 aromatic carbocycles. The van der Waals surface area contributed by atoms with Gasteiger partial charge in [-0.05, 0) is 33.6 Å². The Morgan fingerprint density at radius 2 is 1.28 bits per heavy atom. The van der Waals surface area contributed by atoms with E-state index in [1.807, 2.05) is 20.8 Å². The van der Waals surface area contributed by atoms with Gasteiger partial charge in [-0.15, -0.1) is 5.06 Å². The molecule has 0 aromatic rings. The number of hydrogen-bond donors (Lipinski definition) is 0. The Labute approximate surface area is 149 Å². The number of amides is 2. The summed E-state index contributed by atoms with van der Waals surface area (Å²) in [6, 6.07) is 0. The highest BCUT2D eigenvalue weighted by molar-refractivity contribution is 6.01. The maximum Gasteiger partial charge on any atom is 0.333 e. The fraction of sp³-hybridized carbons (Fsp3) is 0.778. The molecule has 1 heterocycles. The van der Waals surface area contributed by atoms with Gasteiger partial charge >= 0.3 is 11.9 Å². The van der Waals surface area contributed by atoms with Gasteiger partial charge in [-0.3, -0.25) is 14.4 Å². The topological polar surface area (TPSA) is 90.0 Å². The number of carbonyl (C=O) groups excluding carboxylic acids is 4. The van der Waals surface area contributed by atoms with Gasteiger partial charge in [-0.2, -0.15) is 0 Å². The van der Waals surface area contributed by atoms with E-state index in [2.05, 4.69) is 0 Å².